The third-order valence-corrected chi connectivity index (χ3v) is 5.88. The largest absolute Gasteiger partial charge is 0.360 e. The zero-order chi connectivity index (χ0) is 23.4. The highest BCUT2D eigenvalue weighted by atomic mass is 16.2. The fourth-order valence-electron chi connectivity index (χ4n) is 4.00. The minimum Gasteiger partial charge on any atom is -0.360 e. The van der Waals surface area contributed by atoms with Crippen LogP contribution in [0.5, 0.6) is 0 Å². The number of rotatable bonds is 8. The van der Waals surface area contributed by atoms with Crippen molar-refractivity contribution >= 4 is 22.6 Å². The van der Waals surface area contributed by atoms with Crippen molar-refractivity contribution in [2.75, 3.05) is 20.6 Å². The number of carbonyl (C=O) groups excluding carboxylic acids is 2. The maximum atomic E-state index is 13.7. The summed E-state index contributed by atoms with van der Waals surface area (Å²) in [5.41, 5.74) is 5.38. The van der Waals surface area contributed by atoms with Crippen molar-refractivity contribution in [1.29, 1.82) is 0 Å². The first kappa shape index (κ1) is 22.5. The molecular weight excluding hydrogens is 410 g/mol. The van der Waals surface area contributed by atoms with E-state index in [0.717, 1.165) is 22.9 Å². The molecule has 2 N–H and O–H groups in total. The van der Waals surface area contributed by atoms with E-state index in [0.29, 0.717) is 17.7 Å². The molecule has 0 unspecified atom stereocenters. The molecule has 1 amide bonds. The Balaban J connectivity index is 1.59. The Bertz CT molecular complexity index is 1260. The van der Waals surface area contributed by atoms with E-state index >= 15 is 0 Å². The molecule has 0 aliphatic rings. The average molecular weight is 440 g/mol. The predicted molar refractivity (Wildman–Crippen MR) is 133 cm³/mol. The standard InChI is InChI=1S/C28H29N3O2/c1-19-9-11-20(12-10-19)15-16-29-26(21-7-5-4-6-8-21)27(32)24-18-30-25-17-22(13-14-23(24)25)28(33)31(2)3/h4-14,17-18,26,29-30H,15-16H2,1-3H3/t26-/m1/s1. The Morgan fingerprint density at radius 3 is 2.39 bits per heavy atom. The third-order valence-electron chi connectivity index (χ3n) is 5.88. The van der Waals surface area contributed by atoms with E-state index in [4.69, 9.17) is 0 Å². The molecule has 1 heterocycles. The molecule has 0 bridgehead atoms. The lowest BCUT2D eigenvalue weighted by molar-refractivity contribution is 0.0827. The zero-order valence-corrected chi connectivity index (χ0v) is 19.3. The fraction of sp³-hybridized carbons (Fsp3) is 0.214. The molecule has 4 aromatic rings. The van der Waals surface area contributed by atoms with Gasteiger partial charge in [0.15, 0.2) is 5.78 Å². The molecular formula is C28H29N3O2. The van der Waals surface area contributed by atoms with Gasteiger partial charge in [-0.15, -0.1) is 0 Å². The third kappa shape index (κ3) is 5.04. The number of amides is 1. The SMILES string of the molecule is Cc1ccc(CCN[C@@H](C(=O)c2c[nH]c3cc(C(=O)N(C)C)ccc23)c2ccccc2)cc1. The molecule has 5 nitrogen and oxygen atoms in total. The fourth-order valence-corrected chi connectivity index (χ4v) is 4.00. The minimum atomic E-state index is -0.460. The maximum Gasteiger partial charge on any atom is 0.253 e. The van der Waals surface area contributed by atoms with Crippen LogP contribution in [-0.2, 0) is 6.42 Å². The van der Waals surface area contributed by atoms with Gasteiger partial charge in [0, 0.05) is 48.9 Å². The summed E-state index contributed by atoms with van der Waals surface area (Å²) in [5.74, 6) is -0.0673. The molecule has 33 heavy (non-hydrogen) atoms. The van der Waals surface area contributed by atoms with Gasteiger partial charge < -0.3 is 15.2 Å². The molecule has 0 spiro atoms. The maximum absolute atomic E-state index is 13.7. The van der Waals surface area contributed by atoms with E-state index in [1.54, 1.807) is 37.3 Å². The van der Waals surface area contributed by atoms with Crippen LogP contribution in [0.25, 0.3) is 10.9 Å². The average Bonchev–Trinajstić information content (AvgIpc) is 3.26. The predicted octanol–water partition coefficient (Wildman–Crippen LogP) is 4.93. The number of nitrogens with one attached hydrogen (secondary N) is 2. The Hall–Kier alpha value is -3.70. The second kappa shape index (κ2) is 9.84. The smallest absolute Gasteiger partial charge is 0.253 e. The minimum absolute atomic E-state index is 0.00282. The summed E-state index contributed by atoms with van der Waals surface area (Å²) in [6, 6.07) is 23.2. The van der Waals surface area contributed by atoms with E-state index in [1.807, 2.05) is 36.4 Å². The van der Waals surface area contributed by atoms with Crippen molar-refractivity contribution in [3.05, 3.63) is 107 Å². The molecule has 0 fully saturated rings. The first-order chi connectivity index (χ1) is 15.9. The number of hydrogen-bond acceptors (Lipinski definition) is 3. The number of Topliss-reactive ketones (excluding diaryl/α,β-unsaturated/α-hetero) is 1. The Labute approximate surface area is 194 Å². The van der Waals surface area contributed by atoms with Gasteiger partial charge in [0.2, 0.25) is 0 Å². The van der Waals surface area contributed by atoms with Crippen LogP contribution in [0.3, 0.4) is 0 Å². The normalized spacial score (nSPS) is 12.0. The van der Waals surface area contributed by atoms with Gasteiger partial charge in [0.25, 0.3) is 5.91 Å². The number of carbonyl (C=O) groups is 2. The van der Waals surface area contributed by atoms with Crippen molar-refractivity contribution in [2.45, 2.75) is 19.4 Å². The van der Waals surface area contributed by atoms with E-state index in [1.165, 1.54) is 11.1 Å². The van der Waals surface area contributed by atoms with Gasteiger partial charge in [-0.05, 0) is 36.6 Å². The second-order valence-corrected chi connectivity index (χ2v) is 8.56. The molecule has 1 atom stereocenters. The zero-order valence-electron chi connectivity index (χ0n) is 19.3. The number of aromatic nitrogens is 1. The van der Waals surface area contributed by atoms with Crippen LogP contribution in [0.15, 0.2) is 79.0 Å². The number of ketones is 1. The van der Waals surface area contributed by atoms with Crippen LogP contribution >= 0.6 is 0 Å². The molecule has 168 valence electrons. The molecule has 3 aromatic carbocycles. The number of fused-ring (bicyclic) bond motifs is 1. The van der Waals surface area contributed by atoms with E-state index < -0.39 is 6.04 Å². The Morgan fingerprint density at radius 2 is 1.70 bits per heavy atom. The first-order valence-electron chi connectivity index (χ1n) is 11.1. The number of aromatic amines is 1. The highest BCUT2D eigenvalue weighted by molar-refractivity contribution is 6.11. The van der Waals surface area contributed by atoms with E-state index in [2.05, 4.69) is 41.5 Å². The topological polar surface area (TPSA) is 65.2 Å². The van der Waals surface area contributed by atoms with Gasteiger partial charge in [0.1, 0.15) is 0 Å². The summed E-state index contributed by atoms with van der Waals surface area (Å²) < 4.78 is 0. The van der Waals surface area contributed by atoms with Crippen LogP contribution in [-0.4, -0.2) is 42.2 Å². The van der Waals surface area contributed by atoms with Gasteiger partial charge in [-0.1, -0.05) is 66.2 Å². The lowest BCUT2D eigenvalue weighted by atomic mass is 9.96. The van der Waals surface area contributed by atoms with Crippen LogP contribution in [0.4, 0.5) is 0 Å². The van der Waals surface area contributed by atoms with Crippen molar-refractivity contribution < 1.29 is 9.59 Å². The summed E-state index contributed by atoms with van der Waals surface area (Å²) in [6.45, 7) is 2.75. The van der Waals surface area contributed by atoms with Crippen LogP contribution in [0.2, 0.25) is 0 Å². The van der Waals surface area contributed by atoms with Crippen molar-refractivity contribution in [3.63, 3.8) is 0 Å². The number of nitrogens with zero attached hydrogens (tertiary/aromatic N) is 1. The summed E-state index contributed by atoms with van der Waals surface area (Å²) in [5, 5.41) is 4.29. The highest BCUT2D eigenvalue weighted by Crippen LogP contribution is 2.26. The molecule has 0 saturated carbocycles. The van der Waals surface area contributed by atoms with Gasteiger partial charge >= 0.3 is 0 Å². The quantitative estimate of drug-likeness (QED) is 0.383. The lowest BCUT2D eigenvalue weighted by Gasteiger charge is -2.18. The molecule has 5 heteroatoms. The molecule has 0 radical (unpaired) electrons. The van der Waals surface area contributed by atoms with E-state index in [-0.39, 0.29) is 11.7 Å². The molecule has 0 aliphatic heterocycles. The number of H-pyrrole nitrogens is 1. The Kier molecular flexibility index (Phi) is 6.71. The number of benzene rings is 3. The summed E-state index contributed by atoms with van der Waals surface area (Å²) in [7, 11) is 3.45. The van der Waals surface area contributed by atoms with Gasteiger partial charge in [-0.2, -0.15) is 0 Å². The summed E-state index contributed by atoms with van der Waals surface area (Å²) in [6.07, 6.45) is 2.58. The second-order valence-electron chi connectivity index (χ2n) is 8.56. The van der Waals surface area contributed by atoms with Crippen LogP contribution in [0, 0.1) is 6.92 Å². The van der Waals surface area contributed by atoms with Crippen LogP contribution in [0.1, 0.15) is 43.4 Å². The van der Waals surface area contributed by atoms with E-state index in [9.17, 15) is 9.59 Å². The van der Waals surface area contributed by atoms with Crippen LogP contribution < -0.4 is 5.32 Å². The van der Waals surface area contributed by atoms with Crippen molar-refractivity contribution in [3.8, 4) is 0 Å². The Morgan fingerprint density at radius 1 is 0.970 bits per heavy atom. The number of aryl methyl sites for hydroxylation is 1. The first-order valence-corrected chi connectivity index (χ1v) is 11.1. The van der Waals surface area contributed by atoms with Crippen molar-refractivity contribution in [1.82, 2.24) is 15.2 Å². The van der Waals surface area contributed by atoms with Gasteiger partial charge in [0.05, 0.1) is 6.04 Å². The molecule has 0 saturated heterocycles. The highest BCUT2D eigenvalue weighted by Gasteiger charge is 2.24. The molecule has 0 aliphatic carbocycles. The number of hydrogen-bond donors (Lipinski definition) is 2. The summed E-state index contributed by atoms with van der Waals surface area (Å²) in [4.78, 5) is 30.7. The van der Waals surface area contributed by atoms with Gasteiger partial charge in [-0.25, -0.2) is 0 Å². The van der Waals surface area contributed by atoms with Crippen molar-refractivity contribution in [2.24, 2.45) is 0 Å². The summed E-state index contributed by atoms with van der Waals surface area (Å²) >= 11 is 0. The monoisotopic (exact) mass is 439 g/mol. The lowest BCUT2D eigenvalue weighted by Crippen LogP contribution is -2.30. The van der Waals surface area contributed by atoms with Gasteiger partial charge in [-0.3, -0.25) is 9.59 Å². The molecule has 1 aromatic heterocycles. The molecule has 4 rings (SSSR count).